The topological polar surface area (TPSA) is 84.7 Å². The molecule has 0 saturated carbocycles. The number of benzene rings is 1. The summed E-state index contributed by atoms with van der Waals surface area (Å²) in [6.07, 6.45) is 0. The summed E-state index contributed by atoms with van der Waals surface area (Å²) in [4.78, 5) is 11.6. The minimum absolute atomic E-state index is 0.246. The molecule has 8 heteroatoms. The van der Waals surface area contributed by atoms with Gasteiger partial charge in [0.05, 0.1) is 6.54 Å². The van der Waals surface area contributed by atoms with Gasteiger partial charge in [-0.15, -0.1) is 5.10 Å². The molecule has 0 saturated heterocycles. The third-order valence-corrected chi connectivity index (χ3v) is 2.43. The van der Waals surface area contributed by atoms with Crippen LogP contribution in [0.2, 0.25) is 5.02 Å². The Bertz CT molecular complexity index is 555. The number of hydrogen-bond acceptors (Lipinski definition) is 4. The van der Waals surface area contributed by atoms with Crippen LogP contribution in [0.25, 0.3) is 0 Å². The molecule has 1 heterocycles. The Kier molecular flexibility index (Phi) is 3.73. The van der Waals surface area contributed by atoms with E-state index in [1.54, 1.807) is 31.3 Å². The molecule has 18 heavy (non-hydrogen) atoms. The van der Waals surface area contributed by atoms with Gasteiger partial charge in [-0.2, -0.15) is 0 Å². The number of hydrogen-bond donors (Lipinski definition) is 2. The number of urea groups is 1. The van der Waals surface area contributed by atoms with Crippen LogP contribution < -0.4 is 10.6 Å². The Hall–Kier alpha value is -2.15. The third-order valence-electron chi connectivity index (χ3n) is 2.20. The minimum Gasteiger partial charge on any atom is -0.331 e. The van der Waals surface area contributed by atoms with Gasteiger partial charge in [0.2, 0.25) is 0 Å². The van der Waals surface area contributed by atoms with Crippen LogP contribution in [0.15, 0.2) is 24.3 Å². The van der Waals surface area contributed by atoms with E-state index in [1.165, 1.54) is 4.68 Å². The Labute approximate surface area is 108 Å². The number of aromatic nitrogens is 4. The second-order valence-electron chi connectivity index (χ2n) is 3.54. The smallest absolute Gasteiger partial charge is 0.319 e. The highest BCUT2D eigenvalue weighted by Gasteiger charge is 2.05. The Morgan fingerprint density at radius 2 is 2.33 bits per heavy atom. The first-order chi connectivity index (χ1) is 8.65. The maximum absolute atomic E-state index is 11.6. The predicted molar refractivity (Wildman–Crippen MR) is 66.1 cm³/mol. The Morgan fingerprint density at radius 1 is 1.50 bits per heavy atom. The average molecular weight is 267 g/mol. The van der Waals surface area contributed by atoms with E-state index in [-0.39, 0.29) is 12.6 Å². The summed E-state index contributed by atoms with van der Waals surface area (Å²) in [5.74, 6) is 0.566. The number of aryl methyl sites for hydroxylation is 1. The van der Waals surface area contributed by atoms with E-state index in [1.807, 2.05) is 0 Å². The lowest BCUT2D eigenvalue weighted by Crippen LogP contribution is -2.29. The number of nitrogens with one attached hydrogen (secondary N) is 2. The van der Waals surface area contributed by atoms with Crippen LogP contribution >= 0.6 is 11.6 Å². The fraction of sp³-hybridized carbons (Fsp3) is 0.200. The molecular formula is C10H11ClN6O. The van der Waals surface area contributed by atoms with Gasteiger partial charge < -0.3 is 10.6 Å². The molecule has 0 spiro atoms. The van der Waals surface area contributed by atoms with Crippen LogP contribution in [0.4, 0.5) is 10.5 Å². The highest BCUT2D eigenvalue weighted by Crippen LogP contribution is 2.14. The second kappa shape index (κ2) is 5.46. The largest absolute Gasteiger partial charge is 0.331 e. The molecule has 2 aromatic rings. The number of halogens is 1. The summed E-state index contributed by atoms with van der Waals surface area (Å²) >= 11 is 5.81. The van der Waals surface area contributed by atoms with Crippen LogP contribution in [-0.4, -0.2) is 26.2 Å². The number of carbonyl (C=O) groups is 1. The van der Waals surface area contributed by atoms with Crippen molar-refractivity contribution in [1.29, 1.82) is 0 Å². The lowest BCUT2D eigenvalue weighted by Gasteiger charge is -2.06. The van der Waals surface area contributed by atoms with E-state index in [9.17, 15) is 4.79 Å². The molecule has 1 aromatic heterocycles. The van der Waals surface area contributed by atoms with Crippen molar-refractivity contribution in [2.45, 2.75) is 6.54 Å². The van der Waals surface area contributed by atoms with E-state index in [0.29, 0.717) is 16.5 Å². The fourth-order valence-electron chi connectivity index (χ4n) is 1.30. The average Bonchev–Trinajstić information content (AvgIpc) is 2.72. The molecule has 0 bridgehead atoms. The van der Waals surface area contributed by atoms with Gasteiger partial charge in [-0.05, 0) is 28.6 Å². The molecule has 0 aliphatic heterocycles. The van der Waals surface area contributed by atoms with Crippen LogP contribution in [0.1, 0.15) is 5.82 Å². The van der Waals surface area contributed by atoms with Gasteiger partial charge in [-0.1, -0.05) is 17.7 Å². The van der Waals surface area contributed by atoms with Gasteiger partial charge in [0.15, 0.2) is 5.82 Å². The molecule has 0 atom stereocenters. The first-order valence-corrected chi connectivity index (χ1v) is 5.54. The number of tetrazole rings is 1. The minimum atomic E-state index is -0.347. The first-order valence-electron chi connectivity index (χ1n) is 5.17. The van der Waals surface area contributed by atoms with E-state index >= 15 is 0 Å². The highest BCUT2D eigenvalue weighted by molar-refractivity contribution is 6.30. The number of nitrogens with zero attached hydrogens (tertiary/aromatic N) is 4. The molecular weight excluding hydrogens is 256 g/mol. The van der Waals surface area contributed by atoms with Crippen molar-refractivity contribution in [1.82, 2.24) is 25.5 Å². The van der Waals surface area contributed by atoms with Crippen LogP contribution in [-0.2, 0) is 13.6 Å². The highest BCUT2D eigenvalue weighted by atomic mass is 35.5. The van der Waals surface area contributed by atoms with Gasteiger partial charge in [-0.25, -0.2) is 9.48 Å². The predicted octanol–water partition coefficient (Wildman–Crippen LogP) is 1.19. The number of amides is 2. The summed E-state index contributed by atoms with van der Waals surface area (Å²) < 4.78 is 1.49. The molecule has 2 rings (SSSR count). The molecule has 0 unspecified atom stereocenters. The molecule has 94 valence electrons. The van der Waals surface area contributed by atoms with Crippen LogP contribution in [0.3, 0.4) is 0 Å². The molecule has 1 aromatic carbocycles. The first kappa shape index (κ1) is 12.3. The van der Waals surface area contributed by atoms with Gasteiger partial charge in [0, 0.05) is 17.8 Å². The van der Waals surface area contributed by atoms with Crippen molar-refractivity contribution in [3.05, 3.63) is 35.1 Å². The van der Waals surface area contributed by atoms with Crippen molar-refractivity contribution < 1.29 is 4.79 Å². The van der Waals surface area contributed by atoms with Crippen molar-refractivity contribution in [3.8, 4) is 0 Å². The molecule has 0 aliphatic rings. The lowest BCUT2D eigenvalue weighted by atomic mass is 10.3. The van der Waals surface area contributed by atoms with Crippen molar-refractivity contribution in [2.24, 2.45) is 7.05 Å². The SMILES string of the molecule is Cn1nnnc1CNC(=O)Nc1cccc(Cl)c1. The second-order valence-corrected chi connectivity index (χ2v) is 3.97. The molecule has 0 aliphatic carbocycles. The third kappa shape index (κ3) is 3.17. The Morgan fingerprint density at radius 3 is 3.00 bits per heavy atom. The standard InChI is InChI=1S/C10H11ClN6O/c1-17-9(14-15-16-17)6-12-10(18)13-8-4-2-3-7(11)5-8/h2-5H,6H2,1H3,(H2,12,13,18). The van der Waals surface area contributed by atoms with Crippen LogP contribution in [0.5, 0.6) is 0 Å². The van der Waals surface area contributed by atoms with Crippen molar-refractivity contribution in [2.75, 3.05) is 5.32 Å². The summed E-state index contributed by atoms with van der Waals surface area (Å²) in [7, 11) is 1.70. The van der Waals surface area contributed by atoms with E-state index in [2.05, 4.69) is 26.2 Å². The zero-order valence-corrected chi connectivity index (χ0v) is 10.3. The van der Waals surface area contributed by atoms with E-state index < -0.39 is 0 Å². The summed E-state index contributed by atoms with van der Waals surface area (Å²) in [5, 5.41) is 16.7. The van der Waals surface area contributed by atoms with Gasteiger partial charge in [0.1, 0.15) is 0 Å². The van der Waals surface area contributed by atoms with Crippen molar-refractivity contribution >= 4 is 23.3 Å². The lowest BCUT2D eigenvalue weighted by molar-refractivity contribution is 0.251. The van der Waals surface area contributed by atoms with Gasteiger partial charge >= 0.3 is 6.03 Å². The molecule has 2 N–H and O–H groups in total. The molecule has 0 radical (unpaired) electrons. The normalized spacial score (nSPS) is 10.1. The number of anilines is 1. The zero-order chi connectivity index (χ0) is 13.0. The quantitative estimate of drug-likeness (QED) is 0.874. The van der Waals surface area contributed by atoms with Gasteiger partial charge in [-0.3, -0.25) is 0 Å². The summed E-state index contributed by atoms with van der Waals surface area (Å²) in [5.41, 5.74) is 0.621. The Balaban J connectivity index is 1.88. The fourth-order valence-corrected chi connectivity index (χ4v) is 1.49. The summed E-state index contributed by atoms with van der Waals surface area (Å²) in [6, 6.07) is 6.54. The van der Waals surface area contributed by atoms with Gasteiger partial charge in [0.25, 0.3) is 0 Å². The van der Waals surface area contributed by atoms with E-state index in [4.69, 9.17) is 11.6 Å². The molecule has 7 nitrogen and oxygen atoms in total. The van der Waals surface area contributed by atoms with Crippen LogP contribution in [0, 0.1) is 0 Å². The maximum Gasteiger partial charge on any atom is 0.319 e. The van der Waals surface area contributed by atoms with E-state index in [0.717, 1.165) is 0 Å². The molecule has 0 fully saturated rings. The molecule has 2 amide bonds. The zero-order valence-electron chi connectivity index (χ0n) is 9.59. The number of carbonyl (C=O) groups excluding carboxylic acids is 1. The van der Waals surface area contributed by atoms with Crippen molar-refractivity contribution in [3.63, 3.8) is 0 Å². The monoisotopic (exact) mass is 266 g/mol. The maximum atomic E-state index is 11.6. The summed E-state index contributed by atoms with van der Waals surface area (Å²) in [6.45, 7) is 0.246. The number of rotatable bonds is 3.